The van der Waals surface area contributed by atoms with Crippen LogP contribution in [0.15, 0.2) is 60.6 Å². The highest BCUT2D eigenvalue weighted by molar-refractivity contribution is 14.1. The molecule has 0 bridgehead atoms. The number of hydrogen-bond acceptors (Lipinski definition) is 3. The Labute approximate surface area is 206 Å². The maximum atomic E-state index is 12.8. The van der Waals surface area contributed by atoms with E-state index in [0.29, 0.717) is 6.42 Å². The lowest BCUT2D eigenvalue weighted by Gasteiger charge is -2.30. The van der Waals surface area contributed by atoms with Gasteiger partial charge in [-0.05, 0) is 101 Å². The number of nitrogens with zero attached hydrogens (tertiary/aromatic N) is 3. The summed E-state index contributed by atoms with van der Waals surface area (Å²) in [5, 5.41) is 0.776. The van der Waals surface area contributed by atoms with Gasteiger partial charge >= 0.3 is 0 Å². The molecule has 1 fully saturated rings. The molecule has 1 amide bonds. The van der Waals surface area contributed by atoms with Crippen molar-refractivity contribution in [3.8, 4) is 0 Å². The van der Waals surface area contributed by atoms with Crippen molar-refractivity contribution in [1.82, 2.24) is 14.9 Å². The number of hydrogen-bond donors (Lipinski definition) is 0. The molecule has 6 heteroatoms. The van der Waals surface area contributed by atoms with Crippen molar-refractivity contribution in [3.05, 3.63) is 97.1 Å². The van der Waals surface area contributed by atoms with Gasteiger partial charge in [0.25, 0.3) is 0 Å². The van der Waals surface area contributed by atoms with Gasteiger partial charge < -0.3 is 4.90 Å². The van der Waals surface area contributed by atoms with Crippen LogP contribution in [0.5, 0.6) is 0 Å². The van der Waals surface area contributed by atoms with E-state index in [1.165, 1.54) is 27.8 Å². The first-order valence-corrected chi connectivity index (χ1v) is 12.4. The minimum Gasteiger partial charge on any atom is -0.342 e. The lowest BCUT2D eigenvalue weighted by Crippen LogP contribution is -2.37. The Morgan fingerprint density at radius 2 is 1.75 bits per heavy atom. The molecule has 0 N–H and O–H groups in total. The molecule has 0 saturated carbocycles. The molecular formula is C26H23ClIN3O. The van der Waals surface area contributed by atoms with E-state index in [2.05, 4.69) is 45.8 Å². The maximum Gasteiger partial charge on any atom is 0.227 e. The zero-order valence-electron chi connectivity index (χ0n) is 17.7. The quantitative estimate of drug-likeness (QED) is 0.392. The van der Waals surface area contributed by atoms with Crippen molar-refractivity contribution >= 4 is 45.7 Å². The van der Waals surface area contributed by atoms with Crippen LogP contribution >= 0.6 is 34.2 Å². The number of carbonyl (C=O) groups excluding carboxylic acids is 1. The fourth-order valence-corrected chi connectivity index (χ4v) is 5.44. The van der Waals surface area contributed by atoms with Gasteiger partial charge in [-0.25, -0.2) is 0 Å². The van der Waals surface area contributed by atoms with Crippen molar-refractivity contribution < 1.29 is 4.79 Å². The van der Waals surface area contributed by atoms with Crippen LogP contribution in [-0.4, -0.2) is 33.9 Å². The number of piperidine rings is 1. The van der Waals surface area contributed by atoms with Crippen LogP contribution in [0, 0.1) is 3.57 Å². The van der Waals surface area contributed by atoms with E-state index in [4.69, 9.17) is 16.6 Å². The number of rotatable bonds is 2. The molecular weight excluding hydrogens is 533 g/mol. The van der Waals surface area contributed by atoms with E-state index < -0.39 is 0 Å². The molecule has 3 heterocycles. The van der Waals surface area contributed by atoms with Crippen LogP contribution in [0.4, 0.5) is 0 Å². The standard InChI is InChI=1S/C26H23ClIN3O/c27-21-3-4-23-19(14-21)1-2-20-15-22(28)16-30-26(20)25(23)18-7-11-31(12-8-18)24(32)13-17-5-9-29-10-6-17/h3-6,9-10,14-16H,1-2,7-8,11-13H2. The van der Waals surface area contributed by atoms with Crippen LogP contribution < -0.4 is 0 Å². The fraction of sp³-hybridized carbons (Fsp3) is 0.269. The van der Waals surface area contributed by atoms with Crippen LogP contribution in [0.3, 0.4) is 0 Å². The van der Waals surface area contributed by atoms with E-state index in [1.54, 1.807) is 12.4 Å². The Hall–Kier alpha value is -2.25. The number of likely N-dealkylation sites (tertiary alicyclic amines) is 1. The van der Waals surface area contributed by atoms with E-state index in [0.717, 1.165) is 58.6 Å². The Morgan fingerprint density at radius 1 is 1.00 bits per heavy atom. The van der Waals surface area contributed by atoms with Gasteiger partial charge in [0.05, 0.1) is 12.1 Å². The molecule has 32 heavy (non-hydrogen) atoms. The number of benzene rings is 1. The van der Waals surface area contributed by atoms with Crippen LogP contribution in [0.25, 0.3) is 5.57 Å². The first-order chi connectivity index (χ1) is 15.6. The highest BCUT2D eigenvalue weighted by Crippen LogP contribution is 2.38. The Kier molecular flexibility index (Phi) is 6.28. The summed E-state index contributed by atoms with van der Waals surface area (Å²) in [7, 11) is 0. The number of fused-ring (bicyclic) bond motifs is 2. The molecule has 5 rings (SSSR count). The first-order valence-electron chi connectivity index (χ1n) is 10.9. The van der Waals surface area contributed by atoms with Gasteiger partial charge in [0.15, 0.2) is 0 Å². The highest BCUT2D eigenvalue weighted by Gasteiger charge is 2.26. The number of pyridine rings is 2. The number of aromatic nitrogens is 2. The highest BCUT2D eigenvalue weighted by atomic mass is 127. The number of aryl methyl sites for hydroxylation is 2. The van der Waals surface area contributed by atoms with E-state index in [-0.39, 0.29) is 5.91 Å². The summed E-state index contributed by atoms with van der Waals surface area (Å²) in [5.41, 5.74) is 8.57. The number of carbonyl (C=O) groups is 1. The predicted molar refractivity (Wildman–Crippen MR) is 136 cm³/mol. The molecule has 1 aromatic carbocycles. The lowest BCUT2D eigenvalue weighted by atomic mass is 9.88. The molecule has 0 atom stereocenters. The van der Waals surface area contributed by atoms with Gasteiger partial charge in [0, 0.05) is 45.8 Å². The molecule has 1 saturated heterocycles. The zero-order chi connectivity index (χ0) is 22.1. The minimum atomic E-state index is 0.182. The van der Waals surface area contributed by atoms with Gasteiger partial charge in [-0.15, -0.1) is 0 Å². The topological polar surface area (TPSA) is 46.1 Å². The molecule has 0 unspecified atom stereocenters. The van der Waals surface area contributed by atoms with Crippen molar-refractivity contribution in [2.24, 2.45) is 0 Å². The normalized spacial score (nSPS) is 15.8. The predicted octanol–water partition coefficient (Wildman–Crippen LogP) is 5.50. The summed E-state index contributed by atoms with van der Waals surface area (Å²) in [6.07, 6.45) is 9.51. The molecule has 162 valence electrons. The maximum absolute atomic E-state index is 12.8. The molecule has 3 aromatic rings. The van der Waals surface area contributed by atoms with E-state index >= 15 is 0 Å². The summed E-state index contributed by atoms with van der Waals surface area (Å²) < 4.78 is 1.16. The van der Waals surface area contributed by atoms with Crippen molar-refractivity contribution in [3.63, 3.8) is 0 Å². The number of halogens is 2. The van der Waals surface area contributed by atoms with E-state index in [1.807, 2.05) is 29.3 Å². The average molecular weight is 556 g/mol. The van der Waals surface area contributed by atoms with Crippen LogP contribution in [0.2, 0.25) is 5.02 Å². The zero-order valence-corrected chi connectivity index (χ0v) is 20.6. The summed E-state index contributed by atoms with van der Waals surface area (Å²) in [5.74, 6) is 0.182. The van der Waals surface area contributed by atoms with Gasteiger partial charge in [-0.2, -0.15) is 0 Å². The third-order valence-corrected chi connectivity index (χ3v) is 7.17. The summed E-state index contributed by atoms with van der Waals surface area (Å²) in [6, 6.07) is 12.3. The second kappa shape index (κ2) is 9.32. The van der Waals surface area contributed by atoms with Gasteiger partial charge in [-0.3, -0.25) is 14.8 Å². The molecule has 0 spiro atoms. The molecule has 1 aliphatic heterocycles. The Balaban J connectivity index is 1.46. The SMILES string of the molecule is O=C(Cc1ccncc1)N1CCC(=C2c3ccc(Cl)cc3CCc3cc(I)cnc32)CC1. The summed E-state index contributed by atoms with van der Waals surface area (Å²) in [4.78, 5) is 23.7. The molecule has 2 aliphatic rings. The molecule has 0 radical (unpaired) electrons. The summed E-state index contributed by atoms with van der Waals surface area (Å²) >= 11 is 8.68. The number of amides is 1. The third kappa shape index (κ3) is 4.46. The average Bonchev–Trinajstić information content (AvgIpc) is 2.96. The van der Waals surface area contributed by atoms with Crippen LogP contribution in [0.1, 0.15) is 40.8 Å². The van der Waals surface area contributed by atoms with Crippen LogP contribution in [-0.2, 0) is 24.1 Å². The fourth-order valence-electron chi connectivity index (χ4n) is 4.73. The van der Waals surface area contributed by atoms with Crippen molar-refractivity contribution in [1.29, 1.82) is 0 Å². The second-order valence-corrected chi connectivity index (χ2v) is 10.0. The third-order valence-electron chi connectivity index (χ3n) is 6.35. The lowest BCUT2D eigenvalue weighted by molar-refractivity contribution is -0.130. The second-order valence-electron chi connectivity index (χ2n) is 8.35. The van der Waals surface area contributed by atoms with E-state index in [9.17, 15) is 4.79 Å². The minimum absolute atomic E-state index is 0.182. The molecule has 4 nitrogen and oxygen atoms in total. The Morgan fingerprint density at radius 3 is 2.53 bits per heavy atom. The van der Waals surface area contributed by atoms with Gasteiger partial charge in [0.2, 0.25) is 5.91 Å². The smallest absolute Gasteiger partial charge is 0.227 e. The Bertz CT molecular complexity index is 1140. The first kappa shape index (κ1) is 21.6. The van der Waals surface area contributed by atoms with Gasteiger partial charge in [-0.1, -0.05) is 23.2 Å². The monoisotopic (exact) mass is 555 g/mol. The van der Waals surface area contributed by atoms with Gasteiger partial charge in [0.1, 0.15) is 0 Å². The van der Waals surface area contributed by atoms with Crippen molar-refractivity contribution in [2.45, 2.75) is 32.1 Å². The van der Waals surface area contributed by atoms with Crippen molar-refractivity contribution in [2.75, 3.05) is 13.1 Å². The molecule has 1 aliphatic carbocycles. The largest absolute Gasteiger partial charge is 0.342 e. The molecule has 2 aromatic heterocycles. The summed E-state index contributed by atoms with van der Waals surface area (Å²) in [6.45, 7) is 1.48.